The van der Waals surface area contributed by atoms with Crippen LogP contribution in [0.25, 0.3) is 0 Å². The van der Waals surface area contributed by atoms with Crippen molar-refractivity contribution in [2.24, 2.45) is 0 Å². The van der Waals surface area contributed by atoms with Crippen molar-refractivity contribution in [3.63, 3.8) is 0 Å². The smallest absolute Gasteiger partial charge is 0.338 e. The Kier molecular flexibility index (Phi) is 5.30. The minimum absolute atomic E-state index is 0.0275. The molecule has 0 spiro atoms. The lowest BCUT2D eigenvalue weighted by Gasteiger charge is -2.43. The molecular weight excluding hydrogens is 297 g/mol. The number of rotatable bonds is 4. The molecule has 1 aliphatic heterocycles. The van der Waals surface area contributed by atoms with E-state index in [0.717, 1.165) is 13.0 Å². The Hall–Kier alpha value is -1.62. The van der Waals surface area contributed by atoms with Gasteiger partial charge in [0.1, 0.15) is 6.61 Å². The van der Waals surface area contributed by atoms with Crippen LogP contribution in [0.2, 0.25) is 0 Å². The minimum Gasteiger partial charge on any atom is -0.489 e. The van der Waals surface area contributed by atoms with Crippen LogP contribution in [-0.4, -0.2) is 42.7 Å². The van der Waals surface area contributed by atoms with Gasteiger partial charge >= 0.3 is 5.97 Å². The molecule has 1 heterocycles. The molecule has 1 aliphatic rings. The Morgan fingerprint density at radius 1 is 1.43 bits per heavy atom. The number of esters is 1. The number of carbonyl (C=O) groups excluding carboxylic acids is 1. The van der Waals surface area contributed by atoms with Gasteiger partial charge in [-0.05, 0) is 52.3 Å². The Bertz CT molecular complexity index is 580. The lowest BCUT2D eigenvalue weighted by Crippen LogP contribution is -2.53. The number of ether oxygens (including phenoxy) is 2. The molecule has 1 aromatic rings. The molecule has 2 rings (SSSR count). The summed E-state index contributed by atoms with van der Waals surface area (Å²) in [6.45, 7) is 9.96. The molecule has 1 atom stereocenters. The van der Waals surface area contributed by atoms with Crippen molar-refractivity contribution >= 4 is 5.97 Å². The average Bonchev–Trinajstić information content (AvgIpc) is 2.51. The van der Waals surface area contributed by atoms with Crippen LogP contribution in [0.4, 0.5) is 4.39 Å². The van der Waals surface area contributed by atoms with Crippen molar-refractivity contribution in [3.8, 4) is 5.75 Å². The van der Waals surface area contributed by atoms with Crippen LogP contribution in [0.15, 0.2) is 12.1 Å². The highest BCUT2D eigenvalue weighted by Gasteiger charge is 2.34. The molecule has 0 bridgehead atoms. The third-order valence-corrected chi connectivity index (χ3v) is 4.24. The van der Waals surface area contributed by atoms with E-state index in [1.807, 2.05) is 0 Å². The third-order valence-electron chi connectivity index (χ3n) is 4.24. The molecule has 0 amide bonds. The fourth-order valence-corrected chi connectivity index (χ4v) is 3.24. The van der Waals surface area contributed by atoms with Gasteiger partial charge in [0.25, 0.3) is 0 Å². The Balaban J connectivity index is 2.38. The molecule has 0 saturated heterocycles. The van der Waals surface area contributed by atoms with Crippen molar-refractivity contribution in [1.29, 1.82) is 0 Å². The topological polar surface area (TPSA) is 38.8 Å². The fourth-order valence-electron chi connectivity index (χ4n) is 3.24. The Morgan fingerprint density at radius 3 is 2.70 bits per heavy atom. The van der Waals surface area contributed by atoms with Gasteiger partial charge in [-0.2, -0.15) is 0 Å². The van der Waals surface area contributed by atoms with E-state index < -0.39 is 11.8 Å². The predicted octanol–water partition coefficient (Wildman–Crippen LogP) is 3.43. The van der Waals surface area contributed by atoms with Gasteiger partial charge in [0.15, 0.2) is 11.6 Å². The van der Waals surface area contributed by atoms with E-state index in [1.165, 1.54) is 19.2 Å². The van der Waals surface area contributed by atoms with E-state index in [9.17, 15) is 9.18 Å². The molecule has 0 fully saturated rings. The molecule has 0 aliphatic carbocycles. The van der Waals surface area contributed by atoms with E-state index in [4.69, 9.17) is 9.47 Å². The Labute approximate surface area is 137 Å². The van der Waals surface area contributed by atoms with E-state index in [1.54, 1.807) is 0 Å². The predicted molar refractivity (Wildman–Crippen MR) is 87.5 cm³/mol. The quantitative estimate of drug-likeness (QED) is 0.796. The molecule has 0 radical (unpaired) electrons. The zero-order valence-electron chi connectivity index (χ0n) is 14.6. The first-order valence-electron chi connectivity index (χ1n) is 8.08. The van der Waals surface area contributed by atoms with Crippen LogP contribution in [0.3, 0.4) is 0 Å². The first-order chi connectivity index (χ1) is 10.8. The Morgan fingerprint density at radius 2 is 2.13 bits per heavy atom. The van der Waals surface area contributed by atoms with Crippen molar-refractivity contribution in [2.45, 2.75) is 52.1 Å². The summed E-state index contributed by atoms with van der Waals surface area (Å²) in [5.41, 5.74) is 0.970. The summed E-state index contributed by atoms with van der Waals surface area (Å²) in [4.78, 5) is 14.3. The van der Waals surface area contributed by atoms with Crippen molar-refractivity contribution in [1.82, 2.24) is 4.90 Å². The summed E-state index contributed by atoms with van der Waals surface area (Å²) in [7, 11) is 1.33. The van der Waals surface area contributed by atoms with E-state index in [-0.39, 0.29) is 17.3 Å². The summed E-state index contributed by atoms with van der Waals surface area (Å²) in [6, 6.07) is 2.85. The highest BCUT2D eigenvalue weighted by Crippen LogP contribution is 2.34. The van der Waals surface area contributed by atoms with Crippen LogP contribution in [0.5, 0.6) is 5.75 Å². The lowest BCUT2D eigenvalue weighted by molar-refractivity contribution is 0.0415. The molecule has 4 nitrogen and oxygen atoms in total. The first-order valence-corrected chi connectivity index (χ1v) is 8.08. The van der Waals surface area contributed by atoms with Crippen LogP contribution in [0.1, 0.15) is 50.0 Å². The van der Waals surface area contributed by atoms with Gasteiger partial charge < -0.3 is 9.47 Å². The minimum atomic E-state index is -0.455. The highest BCUT2D eigenvalue weighted by atomic mass is 19.1. The second kappa shape index (κ2) is 6.87. The summed E-state index contributed by atoms with van der Waals surface area (Å²) in [6.07, 6.45) is 1.60. The fraction of sp³-hybridized carbons (Fsp3) is 0.611. The number of hydrogen-bond acceptors (Lipinski definition) is 4. The normalized spacial score (nSPS) is 17.6. The standard InChI is InChI=1S/C18H26FNO3/c1-6-9-20(18(2,3)4)12-10-14-13(17(21)22-5)7-8-15(19)16(14)23-11-12/h7-8,12H,6,9-11H2,1-5H3/t12-/m1/s1. The van der Waals surface area contributed by atoms with Gasteiger partial charge in [-0.3, -0.25) is 4.90 Å². The van der Waals surface area contributed by atoms with E-state index in [0.29, 0.717) is 24.2 Å². The number of carbonyl (C=O) groups is 1. The van der Waals surface area contributed by atoms with Gasteiger partial charge in [-0.1, -0.05) is 6.92 Å². The van der Waals surface area contributed by atoms with E-state index in [2.05, 4.69) is 32.6 Å². The first kappa shape index (κ1) is 17.7. The van der Waals surface area contributed by atoms with Crippen LogP contribution >= 0.6 is 0 Å². The van der Waals surface area contributed by atoms with Crippen LogP contribution < -0.4 is 4.74 Å². The summed E-state index contributed by atoms with van der Waals surface area (Å²) < 4.78 is 24.6. The SMILES string of the molecule is CCCN([C@H]1COc2c(F)ccc(C(=O)OC)c2C1)C(C)(C)C. The number of hydrogen-bond donors (Lipinski definition) is 0. The summed E-state index contributed by atoms with van der Waals surface area (Å²) in [5, 5.41) is 0. The molecule has 1 aromatic carbocycles. The maximum Gasteiger partial charge on any atom is 0.338 e. The largest absolute Gasteiger partial charge is 0.489 e. The van der Waals surface area contributed by atoms with Gasteiger partial charge in [-0.25, -0.2) is 9.18 Å². The van der Waals surface area contributed by atoms with Gasteiger partial charge in [0.05, 0.1) is 12.7 Å². The van der Waals surface area contributed by atoms with Crippen LogP contribution in [-0.2, 0) is 11.2 Å². The van der Waals surface area contributed by atoms with Crippen molar-refractivity contribution in [2.75, 3.05) is 20.3 Å². The second-order valence-corrected chi connectivity index (χ2v) is 6.93. The zero-order valence-corrected chi connectivity index (χ0v) is 14.6. The second-order valence-electron chi connectivity index (χ2n) is 6.93. The van der Waals surface area contributed by atoms with Crippen molar-refractivity contribution < 1.29 is 18.7 Å². The molecule has 128 valence electrons. The van der Waals surface area contributed by atoms with Crippen LogP contribution in [0, 0.1) is 5.82 Å². The molecular formula is C18H26FNO3. The number of benzene rings is 1. The molecule has 0 N–H and O–H groups in total. The number of methoxy groups -OCH3 is 1. The number of nitrogens with zero attached hydrogens (tertiary/aromatic N) is 1. The van der Waals surface area contributed by atoms with Gasteiger partial charge in [0, 0.05) is 17.1 Å². The maximum absolute atomic E-state index is 14.0. The monoisotopic (exact) mass is 323 g/mol. The van der Waals surface area contributed by atoms with Gasteiger partial charge in [0.2, 0.25) is 0 Å². The van der Waals surface area contributed by atoms with Gasteiger partial charge in [-0.15, -0.1) is 0 Å². The highest BCUT2D eigenvalue weighted by molar-refractivity contribution is 5.92. The summed E-state index contributed by atoms with van der Waals surface area (Å²) in [5.74, 6) is -0.693. The molecule has 0 aromatic heterocycles. The molecule has 0 unspecified atom stereocenters. The number of fused-ring (bicyclic) bond motifs is 1. The molecule has 23 heavy (non-hydrogen) atoms. The lowest BCUT2D eigenvalue weighted by atomic mass is 9.93. The summed E-state index contributed by atoms with van der Waals surface area (Å²) >= 11 is 0. The average molecular weight is 323 g/mol. The zero-order chi connectivity index (χ0) is 17.2. The molecule has 5 heteroatoms. The molecule has 0 saturated carbocycles. The third kappa shape index (κ3) is 3.66. The number of halogens is 1. The van der Waals surface area contributed by atoms with Crippen molar-refractivity contribution in [3.05, 3.63) is 29.1 Å². The maximum atomic E-state index is 14.0. The van der Waals surface area contributed by atoms with E-state index >= 15 is 0 Å².